The summed E-state index contributed by atoms with van der Waals surface area (Å²) in [7, 11) is 0. The number of rotatable bonds is 5. The molecule has 3 aromatic heterocycles. The van der Waals surface area contributed by atoms with Crippen LogP contribution in [0, 0.1) is 0 Å². The van der Waals surface area contributed by atoms with E-state index in [1.54, 1.807) is 10.7 Å². The molecule has 120 valence electrons. The molecule has 7 nitrogen and oxygen atoms in total. The normalized spacial score (nSPS) is 11.2. The fraction of sp³-hybridized carbons (Fsp3) is 0.118. The van der Waals surface area contributed by atoms with Gasteiger partial charge in [-0.3, -0.25) is 0 Å². The maximum absolute atomic E-state index is 10.8. The van der Waals surface area contributed by atoms with Gasteiger partial charge in [-0.1, -0.05) is 23.4 Å². The Morgan fingerprint density at radius 2 is 2.00 bits per heavy atom. The summed E-state index contributed by atoms with van der Waals surface area (Å²) in [5.41, 5.74) is 1.96. The van der Waals surface area contributed by atoms with Crippen molar-refractivity contribution in [3.8, 4) is 0 Å². The zero-order valence-corrected chi connectivity index (χ0v) is 12.7. The van der Waals surface area contributed by atoms with Crippen molar-refractivity contribution < 1.29 is 14.3 Å². The lowest BCUT2D eigenvalue weighted by Crippen LogP contribution is -2.00. The van der Waals surface area contributed by atoms with Crippen LogP contribution in [0.2, 0.25) is 0 Å². The van der Waals surface area contributed by atoms with Gasteiger partial charge in [0.1, 0.15) is 18.0 Å². The van der Waals surface area contributed by atoms with E-state index in [0.717, 1.165) is 11.2 Å². The first-order valence-electron chi connectivity index (χ1n) is 7.44. The van der Waals surface area contributed by atoms with E-state index < -0.39 is 5.97 Å². The van der Waals surface area contributed by atoms with Gasteiger partial charge in [0.05, 0.1) is 12.7 Å². The Bertz CT molecular complexity index is 1010. The van der Waals surface area contributed by atoms with Crippen molar-refractivity contribution >= 4 is 16.9 Å². The van der Waals surface area contributed by atoms with Crippen molar-refractivity contribution in [2.24, 2.45) is 0 Å². The van der Waals surface area contributed by atoms with E-state index in [-0.39, 0.29) is 5.76 Å². The van der Waals surface area contributed by atoms with Gasteiger partial charge >= 0.3 is 5.97 Å². The minimum absolute atomic E-state index is 0.0795. The number of fused-ring (bicyclic) bond motifs is 1. The SMILES string of the molecule is O=C(O)c1ccc(Cn2cc(Cn3ccc4ccccc43)nn2)o1. The van der Waals surface area contributed by atoms with Crippen LogP contribution in [0.5, 0.6) is 0 Å². The van der Waals surface area contributed by atoms with Crippen LogP contribution in [-0.2, 0) is 13.1 Å². The summed E-state index contributed by atoms with van der Waals surface area (Å²) in [6, 6.07) is 13.3. The Balaban J connectivity index is 1.51. The highest BCUT2D eigenvalue weighted by molar-refractivity contribution is 5.84. The second-order valence-corrected chi connectivity index (χ2v) is 5.48. The third kappa shape index (κ3) is 2.67. The standard InChI is InChI=1S/C17H14N4O3/c22-17(23)16-6-5-14(24-16)11-21-10-13(18-19-21)9-20-8-7-12-3-1-2-4-15(12)20/h1-8,10H,9,11H2,(H,22,23). The second kappa shape index (κ2) is 5.69. The molecule has 1 N–H and O–H groups in total. The Hall–Kier alpha value is -3.35. The number of para-hydroxylation sites is 1. The summed E-state index contributed by atoms with van der Waals surface area (Å²) >= 11 is 0. The number of aromatic nitrogens is 4. The maximum atomic E-state index is 10.8. The third-order valence-electron chi connectivity index (χ3n) is 3.79. The number of furan rings is 1. The Kier molecular flexibility index (Phi) is 3.38. The summed E-state index contributed by atoms with van der Waals surface area (Å²) in [6.45, 7) is 0.957. The molecule has 0 bridgehead atoms. The molecule has 0 amide bonds. The van der Waals surface area contributed by atoms with E-state index in [1.165, 1.54) is 11.5 Å². The number of nitrogens with zero attached hydrogens (tertiary/aromatic N) is 4. The third-order valence-corrected chi connectivity index (χ3v) is 3.79. The molecule has 0 aliphatic rings. The molecule has 1 aromatic carbocycles. The Labute approximate surface area is 136 Å². The van der Waals surface area contributed by atoms with E-state index in [1.807, 2.05) is 24.5 Å². The predicted molar refractivity (Wildman–Crippen MR) is 85.8 cm³/mol. The van der Waals surface area contributed by atoms with E-state index in [4.69, 9.17) is 9.52 Å². The number of aromatic carboxylic acids is 1. The quantitative estimate of drug-likeness (QED) is 0.610. The molecule has 3 heterocycles. The van der Waals surface area contributed by atoms with Gasteiger partial charge < -0.3 is 14.1 Å². The van der Waals surface area contributed by atoms with E-state index >= 15 is 0 Å². The van der Waals surface area contributed by atoms with Gasteiger partial charge in [-0.15, -0.1) is 5.10 Å². The van der Waals surface area contributed by atoms with E-state index in [2.05, 4.69) is 33.1 Å². The summed E-state index contributed by atoms with van der Waals surface area (Å²) in [4.78, 5) is 10.8. The molecule has 7 heteroatoms. The zero-order valence-electron chi connectivity index (χ0n) is 12.7. The van der Waals surface area contributed by atoms with Gasteiger partial charge in [0.25, 0.3) is 0 Å². The Morgan fingerprint density at radius 3 is 2.83 bits per heavy atom. The van der Waals surface area contributed by atoms with Crippen molar-refractivity contribution in [3.63, 3.8) is 0 Å². The molecule has 0 radical (unpaired) electrons. The molecule has 0 aliphatic carbocycles. The first-order valence-corrected chi connectivity index (χ1v) is 7.44. The molecule has 4 rings (SSSR count). The van der Waals surface area contributed by atoms with Crippen LogP contribution in [0.15, 0.2) is 59.3 Å². The highest BCUT2D eigenvalue weighted by Crippen LogP contribution is 2.16. The van der Waals surface area contributed by atoms with Crippen molar-refractivity contribution in [2.45, 2.75) is 13.1 Å². The van der Waals surface area contributed by atoms with Gasteiger partial charge in [-0.2, -0.15) is 0 Å². The predicted octanol–water partition coefficient (Wildman–Crippen LogP) is 2.62. The molecule has 0 saturated carbocycles. The van der Waals surface area contributed by atoms with Crippen molar-refractivity contribution in [3.05, 3.63) is 72.1 Å². The van der Waals surface area contributed by atoms with Gasteiger partial charge in [0.15, 0.2) is 0 Å². The summed E-state index contributed by atoms with van der Waals surface area (Å²) in [5, 5.41) is 18.3. The van der Waals surface area contributed by atoms with Gasteiger partial charge in [0, 0.05) is 11.7 Å². The fourth-order valence-electron chi connectivity index (χ4n) is 2.68. The van der Waals surface area contributed by atoms with Crippen LogP contribution in [0.4, 0.5) is 0 Å². The average molecular weight is 322 g/mol. The van der Waals surface area contributed by atoms with Crippen LogP contribution in [0.1, 0.15) is 22.0 Å². The van der Waals surface area contributed by atoms with Gasteiger partial charge in [-0.05, 0) is 29.7 Å². The topological polar surface area (TPSA) is 86.1 Å². The van der Waals surface area contributed by atoms with Crippen molar-refractivity contribution in [1.82, 2.24) is 19.6 Å². The lowest BCUT2D eigenvalue weighted by Gasteiger charge is -2.01. The Morgan fingerprint density at radius 1 is 1.12 bits per heavy atom. The van der Waals surface area contributed by atoms with Crippen molar-refractivity contribution in [1.29, 1.82) is 0 Å². The maximum Gasteiger partial charge on any atom is 0.371 e. The number of benzene rings is 1. The number of hydrogen-bond donors (Lipinski definition) is 1. The van der Waals surface area contributed by atoms with Crippen molar-refractivity contribution in [2.75, 3.05) is 0 Å². The van der Waals surface area contributed by atoms with Crippen LogP contribution < -0.4 is 0 Å². The first kappa shape index (κ1) is 14.3. The molecule has 0 spiro atoms. The molecular weight excluding hydrogens is 308 g/mol. The molecule has 24 heavy (non-hydrogen) atoms. The summed E-state index contributed by atoms with van der Waals surface area (Å²) in [6.07, 6.45) is 3.85. The van der Waals surface area contributed by atoms with Crippen LogP contribution in [-0.4, -0.2) is 30.6 Å². The zero-order chi connectivity index (χ0) is 16.5. The molecule has 0 saturated heterocycles. The molecule has 0 unspecified atom stereocenters. The molecule has 0 atom stereocenters. The number of hydrogen-bond acceptors (Lipinski definition) is 4. The highest BCUT2D eigenvalue weighted by Gasteiger charge is 2.10. The van der Waals surface area contributed by atoms with Crippen LogP contribution >= 0.6 is 0 Å². The largest absolute Gasteiger partial charge is 0.475 e. The number of carbonyl (C=O) groups is 1. The smallest absolute Gasteiger partial charge is 0.371 e. The van der Waals surface area contributed by atoms with E-state index in [9.17, 15) is 4.79 Å². The molecule has 0 aliphatic heterocycles. The lowest BCUT2D eigenvalue weighted by atomic mass is 10.2. The number of carboxylic acid groups (broad SMARTS) is 1. The summed E-state index contributed by atoms with van der Waals surface area (Å²) < 4.78 is 8.97. The van der Waals surface area contributed by atoms with Gasteiger partial charge in [0.2, 0.25) is 5.76 Å². The molecular formula is C17H14N4O3. The van der Waals surface area contributed by atoms with E-state index in [0.29, 0.717) is 18.8 Å². The minimum atomic E-state index is -1.08. The lowest BCUT2D eigenvalue weighted by molar-refractivity contribution is 0.0660. The van der Waals surface area contributed by atoms with Gasteiger partial charge in [-0.25, -0.2) is 9.48 Å². The average Bonchev–Trinajstić information content (AvgIpc) is 3.29. The molecule has 4 aromatic rings. The van der Waals surface area contributed by atoms with Crippen LogP contribution in [0.3, 0.4) is 0 Å². The fourth-order valence-corrected chi connectivity index (χ4v) is 2.68. The highest BCUT2D eigenvalue weighted by atomic mass is 16.4. The second-order valence-electron chi connectivity index (χ2n) is 5.48. The summed E-state index contributed by atoms with van der Waals surface area (Å²) in [5.74, 6) is -0.639. The number of carboxylic acids is 1. The minimum Gasteiger partial charge on any atom is -0.475 e. The first-order chi connectivity index (χ1) is 11.7. The monoisotopic (exact) mass is 322 g/mol. The van der Waals surface area contributed by atoms with Crippen LogP contribution in [0.25, 0.3) is 10.9 Å². The molecule has 0 fully saturated rings.